The summed E-state index contributed by atoms with van der Waals surface area (Å²) < 4.78 is 68.9. The molecule has 1 aliphatic rings. The first-order valence-electron chi connectivity index (χ1n) is 10.7. The highest BCUT2D eigenvalue weighted by atomic mass is 32.1. The summed E-state index contributed by atoms with van der Waals surface area (Å²) in [5, 5.41) is 10.5. The normalized spacial score (nSPS) is 14.7. The van der Waals surface area contributed by atoms with Gasteiger partial charge in [0.15, 0.2) is 0 Å². The Kier molecular flexibility index (Phi) is 7.01. The molecule has 1 aliphatic heterocycles. The number of carbonyl (C=O) groups is 2. The van der Waals surface area contributed by atoms with E-state index in [1.54, 1.807) is 23.9 Å². The number of anilines is 2. The molecule has 190 valence electrons. The molecule has 3 amide bonds. The van der Waals surface area contributed by atoms with Crippen LogP contribution in [-0.2, 0) is 16.9 Å². The van der Waals surface area contributed by atoms with Gasteiger partial charge in [-0.15, -0.1) is 0 Å². The predicted molar refractivity (Wildman–Crippen MR) is 127 cm³/mol. The molecule has 0 bridgehead atoms. The van der Waals surface area contributed by atoms with E-state index in [-0.39, 0.29) is 17.4 Å². The van der Waals surface area contributed by atoms with Gasteiger partial charge in [-0.1, -0.05) is 18.2 Å². The Bertz CT molecular complexity index is 1260. The summed E-state index contributed by atoms with van der Waals surface area (Å²) in [5.41, 5.74) is -0.732. The van der Waals surface area contributed by atoms with Gasteiger partial charge >= 0.3 is 18.1 Å². The molecule has 2 heterocycles. The number of urea groups is 1. The number of alkyl halides is 5. The van der Waals surface area contributed by atoms with Crippen LogP contribution in [0, 0.1) is 0 Å². The lowest BCUT2D eigenvalue weighted by atomic mass is 9.99. The molecule has 4 rings (SSSR count). The third kappa shape index (κ3) is 5.65. The van der Waals surface area contributed by atoms with Crippen LogP contribution in [0.3, 0.4) is 0 Å². The zero-order valence-corrected chi connectivity index (χ0v) is 19.6. The number of likely N-dealkylation sites (tertiary alicyclic amines) is 1. The van der Waals surface area contributed by atoms with Crippen molar-refractivity contribution in [3.63, 3.8) is 0 Å². The first kappa shape index (κ1) is 25.6. The Morgan fingerprint density at radius 3 is 2.36 bits per heavy atom. The predicted octanol–water partition coefficient (Wildman–Crippen LogP) is 5.60. The number of benzene rings is 2. The van der Waals surface area contributed by atoms with E-state index in [0.717, 1.165) is 30.3 Å². The third-order valence-electron chi connectivity index (χ3n) is 5.59. The second-order valence-corrected chi connectivity index (χ2v) is 9.18. The summed E-state index contributed by atoms with van der Waals surface area (Å²) in [4.78, 5) is 26.8. The average Bonchev–Trinajstić information content (AvgIpc) is 3.32. The van der Waals surface area contributed by atoms with Crippen molar-refractivity contribution in [1.82, 2.24) is 10.2 Å². The molecule has 1 fully saturated rings. The summed E-state index contributed by atoms with van der Waals surface area (Å²) in [7, 11) is 1.80. The van der Waals surface area contributed by atoms with Gasteiger partial charge in [0.1, 0.15) is 0 Å². The number of carbonyl (C=O) groups excluding carboxylic acids is 2. The summed E-state index contributed by atoms with van der Waals surface area (Å²) in [6.45, 7) is 0.920. The monoisotopic (exact) mass is 524 g/mol. The van der Waals surface area contributed by atoms with Crippen molar-refractivity contribution in [2.45, 2.75) is 18.1 Å². The van der Waals surface area contributed by atoms with Crippen molar-refractivity contribution >= 4 is 34.6 Å². The molecule has 1 saturated heterocycles. The van der Waals surface area contributed by atoms with Crippen molar-refractivity contribution < 1.29 is 31.5 Å². The summed E-state index contributed by atoms with van der Waals surface area (Å²) in [6, 6.07) is 7.87. The fourth-order valence-electron chi connectivity index (χ4n) is 3.77. The second kappa shape index (κ2) is 9.86. The lowest BCUT2D eigenvalue weighted by molar-refractivity contribution is -0.148. The van der Waals surface area contributed by atoms with Crippen LogP contribution < -0.4 is 16.0 Å². The minimum Gasteiger partial charge on any atom is -0.345 e. The van der Waals surface area contributed by atoms with Gasteiger partial charge < -0.3 is 20.9 Å². The molecule has 12 heteroatoms. The highest BCUT2D eigenvalue weighted by molar-refractivity contribution is 7.08. The topological polar surface area (TPSA) is 73.5 Å². The Morgan fingerprint density at radius 1 is 0.972 bits per heavy atom. The highest BCUT2D eigenvalue weighted by Crippen LogP contribution is 2.37. The zero-order valence-electron chi connectivity index (χ0n) is 18.8. The smallest absolute Gasteiger partial charge is 0.345 e. The van der Waals surface area contributed by atoms with E-state index < -0.39 is 35.2 Å². The van der Waals surface area contributed by atoms with Crippen LogP contribution >= 0.6 is 11.3 Å². The first-order valence-corrected chi connectivity index (χ1v) is 11.7. The van der Waals surface area contributed by atoms with Crippen LogP contribution in [0.1, 0.15) is 11.1 Å². The van der Waals surface area contributed by atoms with E-state index >= 15 is 8.78 Å². The average molecular weight is 525 g/mol. The van der Waals surface area contributed by atoms with Crippen molar-refractivity contribution in [3.8, 4) is 11.1 Å². The molecule has 3 N–H and O–H groups in total. The molecule has 0 aliphatic carbocycles. The number of nitrogens with one attached hydrogen (secondary N) is 3. The second-order valence-electron chi connectivity index (χ2n) is 8.40. The number of thiophene rings is 1. The van der Waals surface area contributed by atoms with Crippen molar-refractivity contribution in [1.29, 1.82) is 0 Å². The van der Waals surface area contributed by atoms with Gasteiger partial charge in [-0.25, -0.2) is 4.79 Å². The number of nitrogens with zero attached hydrogens (tertiary/aromatic N) is 1. The maximum Gasteiger partial charge on any atom is 0.416 e. The summed E-state index contributed by atoms with van der Waals surface area (Å²) in [6.07, 6.45) is -4.60. The van der Waals surface area contributed by atoms with Crippen LogP contribution in [-0.4, -0.2) is 43.0 Å². The molecule has 1 aromatic heterocycles. The maximum atomic E-state index is 15.0. The van der Waals surface area contributed by atoms with Crippen molar-refractivity contribution in [3.05, 3.63) is 70.4 Å². The van der Waals surface area contributed by atoms with E-state index in [4.69, 9.17) is 0 Å². The summed E-state index contributed by atoms with van der Waals surface area (Å²) >= 11 is 1.35. The fourth-order valence-corrected chi connectivity index (χ4v) is 4.42. The van der Waals surface area contributed by atoms with E-state index in [0.29, 0.717) is 24.2 Å². The van der Waals surface area contributed by atoms with Gasteiger partial charge in [-0.2, -0.15) is 33.3 Å². The van der Waals surface area contributed by atoms with Crippen molar-refractivity contribution in [2.75, 3.05) is 30.8 Å². The zero-order chi connectivity index (χ0) is 26.1. The minimum absolute atomic E-state index is 0.0359. The summed E-state index contributed by atoms with van der Waals surface area (Å²) in [5.74, 6) is -5.34. The molecule has 6 nitrogen and oxygen atoms in total. The van der Waals surface area contributed by atoms with Gasteiger partial charge in [-0.3, -0.25) is 4.79 Å². The first-order chi connectivity index (χ1) is 16.9. The maximum absolute atomic E-state index is 15.0. The lowest BCUT2D eigenvalue weighted by Crippen LogP contribution is -2.59. The van der Waals surface area contributed by atoms with Crippen molar-refractivity contribution in [2.24, 2.45) is 0 Å². The number of hydrogen-bond acceptors (Lipinski definition) is 4. The van der Waals surface area contributed by atoms with Crippen LogP contribution in [0.4, 0.5) is 38.1 Å². The molecule has 0 unspecified atom stereocenters. The Morgan fingerprint density at radius 2 is 1.72 bits per heavy atom. The van der Waals surface area contributed by atoms with E-state index in [1.165, 1.54) is 23.5 Å². The van der Waals surface area contributed by atoms with E-state index in [1.807, 2.05) is 4.90 Å². The number of halogens is 5. The molecule has 0 spiro atoms. The molecule has 3 aromatic rings. The largest absolute Gasteiger partial charge is 0.416 e. The molecule has 2 aromatic carbocycles. The third-order valence-corrected chi connectivity index (χ3v) is 6.28. The number of rotatable bonds is 6. The Hall–Kier alpha value is -3.51. The van der Waals surface area contributed by atoms with Crippen LogP contribution in [0.25, 0.3) is 11.1 Å². The minimum atomic E-state index is -4.60. The highest BCUT2D eigenvalue weighted by Gasteiger charge is 2.43. The van der Waals surface area contributed by atoms with Crippen LogP contribution in [0.5, 0.6) is 0 Å². The SMILES string of the molecule is CN1CC(NC(=O)C(F)(F)c2ccc(-c3ccsc3)c(NC(=O)Nc3cccc(C(F)(F)F)c3)c2)C1. The fraction of sp³-hybridized carbons (Fsp3) is 0.250. The molecule has 0 saturated carbocycles. The Labute approximate surface area is 207 Å². The number of hydrogen-bond donors (Lipinski definition) is 3. The van der Waals surface area contributed by atoms with Gasteiger partial charge in [0.2, 0.25) is 0 Å². The van der Waals surface area contributed by atoms with E-state index in [9.17, 15) is 22.8 Å². The molecule has 36 heavy (non-hydrogen) atoms. The van der Waals surface area contributed by atoms with Gasteiger partial charge in [0, 0.05) is 29.9 Å². The van der Waals surface area contributed by atoms with Gasteiger partial charge in [-0.05, 0) is 53.7 Å². The molecular weight excluding hydrogens is 503 g/mol. The van der Waals surface area contributed by atoms with Crippen LogP contribution in [0.2, 0.25) is 0 Å². The standard InChI is InChI=1S/C24H21F5N4O2S/c1-33-11-18(12-33)30-21(34)23(25,26)15-5-6-19(14-7-8-36-13-14)20(10-15)32-22(35)31-17-4-2-3-16(9-17)24(27,28)29/h2-10,13,18H,11-12H2,1H3,(H,30,34)(H2,31,32,35). The number of amides is 3. The van der Waals surface area contributed by atoms with Gasteiger partial charge in [0.25, 0.3) is 5.91 Å². The molecule has 0 radical (unpaired) electrons. The van der Waals surface area contributed by atoms with Crippen LogP contribution in [0.15, 0.2) is 59.3 Å². The van der Waals surface area contributed by atoms with E-state index in [2.05, 4.69) is 16.0 Å². The number of likely N-dealkylation sites (N-methyl/N-ethyl adjacent to an activating group) is 1. The molecular formula is C24H21F5N4O2S. The Balaban J connectivity index is 1.58. The van der Waals surface area contributed by atoms with Gasteiger partial charge in [0.05, 0.1) is 17.3 Å². The molecule has 0 atom stereocenters. The quantitative estimate of drug-likeness (QED) is 0.368. The lowest BCUT2D eigenvalue weighted by Gasteiger charge is -2.37.